The zero-order valence-corrected chi connectivity index (χ0v) is 22.9. The van der Waals surface area contributed by atoms with Crippen LogP contribution in [-0.4, -0.2) is 66.5 Å². The highest BCUT2D eigenvalue weighted by Crippen LogP contribution is 2.50. The van der Waals surface area contributed by atoms with E-state index in [0.29, 0.717) is 47.3 Å². The molecular weight excluding hydrogens is 524 g/mol. The summed E-state index contributed by atoms with van der Waals surface area (Å²) in [4.78, 5) is 27.7. The maximum absolute atomic E-state index is 12.7. The molecule has 13 nitrogen and oxygen atoms in total. The van der Waals surface area contributed by atoms with E-state index in [1.165, 1.54) is 43.8 Å². The van der Waals surface area contributed by atoms with Gasteiger partial charge in [-0.25, -0.2) is 14.8 Å². The summed E-state index contributed by atoms with van der Waals surface area (Å²) < 4.78 is 15.3. The first kappa shape index (κ1) is 25.3. The lowest BCUT2D eigenvalue weighted by atomic mass is 9.66. The van der Waals surface area contributed by atoms with Crippen LogP contribution in [0, 0.1) is 11.3 Å². The predicted molar refractivity (Wildman–Crippen MR) is 149 cm³/mol. The molecule has 2 amide bonds. The lowest BCUT2D eigenvalue weighted by Crippen LogP contribution is -2.34. The van der Waals surface area contributed by atoms with Crippen LogP contribution in [0.3, 0.4) is 0 Å². The van der Waals surface area contributed by atoms with Crippen LogP contribution in [0.5, 0.6) is 11.5 Å². The van der Waals surface area contributed by atoms with Crippen LogP contribution >= 0.6 is 0 Å². The van der Waals surface area contributed by atoms with Gasteiger partial charge in [0.2, 0.25) is 5.95 Å². The topological polar surface area (TPSA) is 148 Å². The normalized spacial score (nSPS) is 18.8. The van der Waals surface area contributed by atoms with Gasteiger partial charge in [-0.15, -0.1) is 0 Å². The second kappa shape index (κ2) is 9.74. The van der Waals surface area contributed by atoms with Gasteiger partial charge in [-0.05, 0) is 31.7 Å². The van der Waals surface area contributed by atoms with Crippen LogP contribution < -0.4 is 15.4 Å². The molecule has 210 valence electrons. The standard InChI is InChI=1S/C28H30N10O3/c1-36-24-19(14-29)20(41-17-4-9-30-22(12-17)33-27(39)37-10-5-18(16-37)40-2)15-31-25(24)34-26(36)32-23-13-21-28(6-3-7-28)8-11-38(21)35-23/h4,9,12-13,15,18H,3,5-8,10-11,16H2,1-2H3,(H,30,33,39)(H,31,32,34,35)/t18-/m1/s1. The summed E-state index contributed by atoms with van der Waals surface area (Å²) >= 11 is 0. The zero-order chi connectivity index (χ0) is 28.1. The Labute approximate surface area is 236 Å². The number of ether oxygens (including phenoxy) is 2. The molecule has 0 radical (unpaired) electrons. The van der Waals surface area contributed by atoms with E-state index in [1.54, 1.807) is 28.7 Å². The first-order chi connectivity index (χ1) is 20.0. The minimum absolute atomic E-state index is 0.0398. The molecule has 2 fully saturated rings. The summed E-state index contributed by atoms with van der Waals surface area (Å²) in [6.45, 7) is 2.08. The number of pyridine rings is 2. The first-order valence-corrected chi connectivity index (χ1v) is 13.8. The summed E-state index contributed by atoms with van der Waals surface area (Å²) in [6.07, 6.45) is 8.74. The lowest BCUT2D eigenvalue weighted by molar-refractivity contribution is 0.111. The number of rotatable bonds is 6. The number of nitrogens with zero attached hydrogens (tertiary/aromatic N) is 8. The SMILES string of the molecule is CO[C@@H]1CCN(C(=O)Nc2cc(Oc3cnc4nc(Nc5cc6n(n5)CCC65CCC5)n(C)c4c3C#N)ccn2)C1. The fourth-order valence-electron chi connectivity index (χ4n) is 6.16. The van der Waals surface area contributed by atoms with Crippen molar-refractivity contribution in [3.05, 3.63) is 41.9 Å². The number of methoxy groups -OCH3 is 1. The van der Waals surface area contributed by atoms with Crippen LogP contribution in [0.4, 0.5) is 22.4 Å². The van der Waals surface area contributed by atoms with Gasteiger partial charge in [-0.1, -0.05) is 6.42 Å². The van der Waals surface area contributed by atoms with E-state index in [9.17, 15) is 10.1 Å². The van der Waals surface area contributed by atoms with Crippen molar-refractivity contribution in [3.63, 3.8) is 0 Å². The number of carbonyl (C=O) groups is 1. The number of urea groups is 1. The summed E-state index contributed by atoms with van der Waals surface area (Å²) in [5.74, 6) is 2.28. The van der Waals surface area contributed by atoms with Crippen molar-refractivity contribution in [2.24, 2.45) is 7.05 Å². The molecule has 41 heavy (non-hydrogen) atoms. The van der Waals surface area contributed by atoms with Crippen molar-refractivity contribution in [1.29, 1.82) is 5.26 Å². The number of aryl methyl sites for hydroxylation is 2. The Morgan fingerprint density at radius 1 is 1.20 bits per heavy atom. The van der Waals surface area contributed by atoms with E-state index < -0.39 is 0 Å². The van der Waals surface area contributed by atoms with Gasteiger partial charge in [0, 0.05) is 63.2 Å². The summed E-state index contributed by atoms with van der Waals surface area (Å²) in [6, 6.07) is 7.38. The van der Waals surface area contributed by atoms with Crippen LogP contribution in [0.25, 0.3) is 11.2 Å². The molecule has 7 rings (SSSR count). The molecule has 0 aromatic carbocycles. The van der Waals surface area contributed by atoms with Gasteiger partial charge in [0.1, 0.15) is 28.7 Å². The third kappa shape index (κ3) is 4.31. The highest BCUT2D eigenvalue weighted by Gasteiger charge is 2.45. The number of nitriles is 1. The Balaban J connectivity index is 1.11. The molecule has 13 heteroatoms. The molecule has 3 aliphatic rings. The van der Waals surface area contributed by atoms with Gasteiger partial charge in [-0.3, -0.25) is 10.00 Å². The summed E-state index contributed by atoms with van der Waals surface area (Å²) in [5.41, 5.74) is 2.84. The van der Waals surface area contributed by atoms with Crippen molar-refractivity contribution >= 4 is 34.8 Å². The molecule has 1 spiro atoms. The molecular formula is C28H30N10O3. The Bertz CT molecular complexity index is 1700. The van der Waals surface area contributed by atoms with Gasteiger partial charge in [0.25, 0.3) is 0 Å². The monoisotopic (exact) mass is 554 g/mol. The van der Waals surface area contributed by atoms with E-state index in [1.807, 2.05) is 7.05 Å². The van der Waals surface area contributed by atoms with Crippen LogP contribution in [0.2, 0.25) is 0 Å². The number of hydrogen-bond acceptors (Lipinski definition) is 9. The molecule has 1 atom stereocenters. The van der Waals surface area contributed by atoms with E-state index in [2.05, 4.69) is 42.4 Å². The summed E-state index contributed by atoms with van der Waals surface area (Å²) in [5, 5.41) is 21.0. The molecule has 1 saturated carbocycles. The molecule has 6 heterocycles. The highest BCUT2D eigenvalue weighted by molar-refractivity contribution is 5.89. The molecule has 2 N–H and O–H groups in total. The molecule has 1 aliphatic carbocycles. The Hall–Kier alpha value is -4.70. The minimum Gasteiger partial charge on any atom is -0.454 e. The number of fused-ring (bicyclic) bond motifs is 3. The number of hydrogen-bond donors (Lipinski definition) is 2. The second-order valence-corrected chi connectivity index (χ2v) is 10.9. The zero-order valence-electron chi connectivity index (χ0n) is 22.9. The highest BCUT2D eigenvalue weighted by atomic mass is 16.5. The van der Waals surface area contributed by atoms with Crippen LogP contribution in [0.15, 0.2) is 30.6 Å². The molecule has 1 saturated heterocycles. The molecule has 4 aromatic rings. The van der Waals surface area contributed by atoms with E-state index in [4.69, 9.17) is 14.6 Å². The summed E-state index contributed by atoms with van der Waals surface area (Å²) in [7, 11) is 3.47. The Kier molecular flexibility index (Phi) is 6.01. The number of amides is 2. The fraction of sp³-hybridized carbons (Fsp3) is 0.429. The second-order valence-electron chi connectivity index (χ2n) is 10.9. The van der Waals surface area contributed by atoms with Crippen LogP contribution in [0.1, 0.15) is 43.4 Å². The number of likely N-dealkylation sites (tertiary alicyclic amines) is 1. The first-order valence-electron chi connectivity index (χ1n) is 13.8. The number of carbonyl (C=O) groups excluding carboxylic acids is 1. The average molecular weight is 555 g/mol. The minimum atomic E-state index is -0.254. The number of anilines is 3. The smallest absolute Gasteiger partial charge is 0.323 e. The Morgan fingerprint density at radius 2 is 2.07 bits per heavy atom. The molecule has 0 unspecified atom stereocenters. The third-order valence-electron chi connectivity index (χ3n) is 8.61. The van der Waals surface area contributed by atoms with Gasteiger partial charge in [0.15, 0.2) is 17.2 Å². The maximum Gasteiger partial charge on any atom is 0.323 e. The molecule has 4 aromatic heterocycles. The number of imidazole rings is 1. The van der Waals surface area contributed by atoms with Crippen molar-refractivity contribution in [3.8, 4) is 17.6 Å². The van der Waals surface area contributed by atoms with Gasteiger partial charge in [0.05, 0.1) is 12.3 Å². The molecule has 2 aliphatic heterocycles. The lowest BCUT2D eigenvalue weighted by Gasteiger charge is -2.37. The van der Waals surface area contributed by atoms with Gasteiger partial charge < -0.3 is 24.3 Å². The predicted octanol–water partition coefficient (Wildman–Crippen LogP) is 4.05. The van der Waals surface area contributed by atoms with Gasteiger partial charge in [-0.2, -0.15) is 15.3 Å². The van der Waals surface area contributed by atoms with Crippen molar-refractivity contribution in [2.45, 2.75) is 50.2 Å². The van der Waals surface area contributed by atoms with E-state index in [0.717, 1.165) is 18.8 Å². The average Bonchev–Trinajstić information content (AvgIpc) is 3.72. The quantitative estimate of drug-likeness (QED) is 0.360. The fourth-order valence-corrected chi connectivity index (χ4v) is 6.16. The van der Waals surface area contributed by atoms with Crippen molar-refractivity contribution in [1.82, 2.24) is 34.2 Å². The van der Waals surface area contributed by atoms with Crippen LogP contribution in [-0.2, 0) is 23.7 Å². The van der Waals surface area contributed by atoms with Crippen molar-refractivity contribution in [2.75, 3.05) is 30.8 Å². The van der Waals surface area contributed by atoms with E-state index in [-0.39, 0.29) is 23.3 Å². The number of aromatic nitrogens is 6. The largest absolute Gasteiger partial charge is 0.454 e. The maximum atomic E-state index is 12.7. The van der Waals surface area contributed by atoms with Crippen molar-refractivity contribution < 1.29 is 14.3 Å². The Morgan fingerprint density at radius 3 is 2.83 bits per heavy atom. The van der Waals surface area contributed by atoms with Gasteiger partial charge >= 0.3 is 6.03 Å². The molecule has 0 bridgehead atoms. The third-order valence-corrected chi connectivity index (χ3v) is 8.61. The number of nitrogens with one attached hydrogen (secondary N) is 2. The van der Waals surface area contributed by atoms with E-state index >= 15 is 0 Å².